The van der Waals surface area contributed by atoms with Crippen LogP contribution >= 0.6 is 0 Å². The third-order valence-electron chi connectivity index (χ3n) is 6.67. The topological polar surface area (TPSA) is 67.4 Å². The lowest BCUT2D eigenvalue weighted by Gasteiger charge is -2.40. The van der Waals surface area contributed by atoms with Crippen LogP contribution in [0, 0.1) is 5.92 Å². The fraction of sp³-hybridized carbons (Fsp3) is 0.500. The Morgan fingerprint density at radius 2 is 1.93 bits per heavy atom. The molecule has 5 rings (SSSR count). The predicted molar refractivity (Wildman–Crippen MR) is 106 cm³/mol. The van der Waals surface area contributed by atoms with Gasteiger partial charge >= 0.3 is 0 Å². The first-order chi connectivity index (χ1) is 13.8. The molecule has 2 aromatic rings. The van der Waals surface area contributed by atoms with Crippen molar-refractivity contribution < 1.29 is 9.53 Å². The van der Waals surface area contributed by atoms with Gasteiger partial charge in [-0.25, -0.2) is 9.97 Å². The van der Waals surface area contributed by atoms with Gasteiger partial charge in [-0.3, -0.25) is 4.79 Å². The summed E-state index contributed by atoms with van der Waals surface area (Å²) in [6.45, 7) is 3.13. The van der Waals surface area contributed by atoms with Gasteiger partial charge in [0.2, 0.25) is 11.9 Å². The van der Waals surface area contributed by atoms with Crippen LogP contribution < -0.4 is 10.2 Å². The third-order valence-corrected chi connectivity index (χ3v) is 6.67. The fourth-order valence-electron chi connectivity index (χ4n) is 5.12. The lowest BCUT2D eigenvalue weighted by Crippen LogP contribution is -2.43. The summed E-state index contributed by atoms with van der Waals surface area (Å²) in [6.07, 6.45) is 7.53. The Hall–Kier alpha value is -2.47. The molecule has 2 fully saturated rings. The van der Waals surface area contributed by atoms with Gasteiger partial charge in [-0.15, -0.1) is 0 Å². The first kappa shape index (κ1) is 17.6. The highest BCUT2D eigenvalue weighted by molar-refractivity contribution is 5.79. The first-order valence-corrected chi connectivity index (χ1v) is 10.2. The highest BCUT2D eigenvalue weighted by Crippen LogP contribution is 2.51. The summed E-state index contributed by atoms with van der Waals surface area (Å²) in [5, 5.41) is 3.33. The second-order valence-corrected chi connectivity index (χ2v) is 8.23. The number of anilines is 1. The minimum Gasteiger partial charge on any atom is -0.381 e. The van der Waals surface area contributed by atoms with E-state index in [9.17, 15) is 4.79 Å². The van der Waals surface area contributed by atoms with Crippen LogP contribution in [0.1, 0.15) is 42.9 Å². The number of nitrogens with one attached hydrogen (secondary N) is 1. The molecule has 146 valence electrons. The first-order valence-electron chi connectivity index (χ1n) is 10.2. The maximum Gasteiger partial charge on any atom is 0.226 e. The molecule has 3 heterocycles. The van der Waals surface area contributed by atoms with Gasteiger partial charge in [0.15, 0.2) is 0 Å². The van der Waals surface area contributed by atoms with Gasteiger partial charge in [0.25, 0.3) is 0 Å². The molecule has 6 nitrogen and oxygen atoms in total. The molecular weight excluding hydrogens is 352 g/mol. The zero-order chi connectivity index (χ0) is 19.0. The van der Waals surface area contributed by atoms with Crippen molar-refractivity contribution >= 4 is 11.9 Å². The number of nitrogens with zero attached hydrogens (tertiary/aromatic N) is 3. The number of carbonyl (C=O) groups excluding carboxylic acids is 1. The number of carbonyl (C=O) groups is 1. The van der Waals surface area contributed by atoms with Crippen molar-refractivity contribution in [2.75, 3.05) is 31.2 Å². The number of amides is 1. The lowest BCUT2D eigenvalue weighted by atomic mass is 9.73. The second-order valence-electron chi connectivity index (χ2n) is 8.23. The molecule has 6 heteroatoms. The molecular formula is C22H26N4O2. The van der Waals surface area contributed by atoms with Gasteiger partial charge in [-0.2, -0.15) is 0 Å². The summed E-state index contributed by atoms with van der Waals surface area (Å²) in [6, 6.07) is 10.6. The highest BCUT2D eigenvalue weighted by Gasteiger charge is 2.46. The smallest absolute Gasteiger partial charge is 0.226 e. The maximum atomic E-state index is 12.7. The van der Waals surface area contributed by atoms with Gasteiger partial charge in [-0.1, -0.05) is 24.3 Å². The molecule has 1 spiro atoms. The van der Waals surface area contributed by atoms with Crippen molar-refractivity contribution in [3.63, 3.8) is 0 Å². The molecule has 1 aliphatic carbocycles. The highest BCUT2D eigenvalue weighted by atomic mass is 16.5. The summed E-state index contributed by atoms with van der Waals surface area (Å²) in [5.74, 6) is 0.958. The van der Waals surface area contributed by atoms with E-state index in [1.165, 1.54) is 11.1 Å². The summed E-state index contributed by atoms with van der Waals surface area (Å²) in [4.78, 5) is 23.8. The molecule has 1 aromatic carbocycles. The number of hydrogen-bond acceptors (Lipinski definition) is 5. The van der Waals surface area contributed by atoms with Crippen LogP contribution in [0.2, 0.25) is 0 Å². The summed E-state index contributed by atoms with van der Waals surface area (Å²) in [5.41, 5.74) is 2.84. The molecule has 2 atom stereocenters. The molecule has 1 aromatic heterocycles. The maximum absolute atomic E-state index is 12.7. The summed E-state index contributed by atoms with van der Waals surface area (Å²) in [7, 11) is 0. The van der Waals surface area contributed by atoms with Gasteiger partial charge in [0, 0.05) is 37.5 Å². The largest absolute Gasteiger partial charge is 0.381 e. The average molecular weight is 378 g/mol. The van der Waals surface area contributed by atoms with Crippen LogP contribution in [0.3, 0.4) is 0 Å². The minimum atomic E-state index is 0.000731. The van der Waals surface area contributed by atoms with E-state index in [-0.39, 0.29) is 23.3 Å². The molecule has 3 aliphatic rings. The number of piperidine rings is 1. The Morgan fingerprint density at radius 3 is 2.68 bits per heavy atom. The molecule has 0 bridgehead atoms. The van der Waals surface area contributed by atoms with E-state index in [4.69, 9.17) is 4.74 Å². The average Bonchev–Trinajstić information content (AvgIpc) is 3.38. The van der Waals surface area contributed by atoms with Crippen LogP contribution in [-0.4, -0.2) is 42.2 Å². The van der Waals surface area contributed by atoms with Gasteiger partial charge in [0.1, 0.15) is 0 Å². The van der Waals surface area contributed by atoms with Crippen LogP contribution in [0.4, 0.5) is 5.95 Å². The van der Waals surface area contributed by atoms with Crippen molar-refractivity contribution in [3.8, 4) is 0 Å². The van der Waals surface area contributed by atoms with Gasteiger partial charge in [-0.05, 0) is 42.9 Å². The second kappa shape index (κ2) is 7.17. The number of ether oxygens (including phenoxy) is 1. The van der Waals surface area contributed by atoms with Crippen molar-refractivity contribution in [2.24, 2.45) is 5.92 Å². The van der Waals surface area contributed by atoms with Crippen LogP contribution in [-0.2, 0) is 14.9 Å². The van der Waals surface area contributed by atoms with E-state index in [1.54, 1.807) is 12.4 Å². The van der Waals surface area contributed by atoms with Crippen molar-refractivity contribution in [2.45, 2.75) is 37.1 Å². The molecule has 0 unspecified atom stereocenters. The number of aromatic nitrogens is 2. The molecule has 0 radical (unpaired) electrons. The van der Waals surface area contributed by atoms with Crippen LogP contribution in [0.25, 0.3) is 0 Å². The number of fused-ring (bicyclic) bond motifs is 2. The van der Waals surface area contributed by atoms with Crippen LogP contribution in [0.15, 0.2) is 42.7 Å². The predicted octanol–water partition coefficient (Wildman–Crippen LogP) is 2.61. The van der Waals surface area contributed by atoms with E-state index in [1.807, 2.05) is 6.07 Å². The molecule has 28 heavy (non-hydrogen) atoms. The molecule has 2 aliphatic heterocycles. The lowest BCUT2D eigenvalue weighted by molar-refractivity contribution is -0.125. The zero-order valence-electron chi connectivity index (χ0n) is 16.0. The van der Waals surface area contributed by atoms with Gasteiger partial charge in [0.05, 0.1) is 18.6 Å². The fourth-order valence-corrected chi connectivity index (χ4v) is 5.12. The standard InChI is InChI=1S/C22H26N4O2/c27-20(16-6-13-28-15-16)25-19-14-22(18-5-2-1-4-17(18)19)7-11-26(12-8-22)21-23-9-3-10-24-21/h1-5,9-10,16,19H,6-8,11-15H2,(H,25,27)/t16-,19+/m0/s1. The normalized spacial score (nSPS) is 25.6. The van der Waals surface area contributed by atoms with Crippen molar-refractivity contribution in [1.82, 2.24) is 15.3 Å². The quantitative estimate of drug-likeness (QED) is 0.889. The number of hydrogen-bond donors (Lipinski definition) is 1. The van der Waals surface area contributed by atoms with Crippen LogP contribution in [0.5, 0.6) is 0 Å². The van der Waals surface area contributed by atoms with Crippen molar-refractivity contribution in [3.05, 3.63) is 53.9 Å². The molecule has 2 saturated heterocycles. The molecule has 1 amide bonds. The Bertz CT molecular complexity index is 843. The van der Waals surface area contributed by atoms with E-state index in [2.05, 4.69) is 44.5 Å². The minimum absolute atomic E-state index is 0.000731. The number of rotatable bonds is 3. The Balaban J connectivity index is 1.34. The third kappa shape index (κ3) is 3.05. The summed E-state index contributed by atoms with van der Waals surface area (Å²) >= 11 is 0. The van der Waals surface area contributed by atoms with Gasteiger partial charge < -0.3 is 15.0 Å². The zero-order valence-corrected chi connectivity index (χ0v) is 16.0. The number of benzene rings is 1. The summed E-state index contributed by atoms with van der Waals surface area (Å²) < 4.78 is 5.40. The van der Waals surface area contributed by atoms with E-state index in [0.29, 0.717) is 13.2 Å². The van der Waals surface area contributed by atoms with E-state index < -0.39 is 0 Å². The Labute approximate surface area is 165 Å². The SMILES string of the molecule is O=C(N[C@@H]1CC2(CCN(c3ncccn3)CC2)c2ccccc21)[C@H]1CCOC1. The molecule has 0 saturated carbocycles. The van der Waals surface area contributed by atoms with Crippen molar-refractivity contribution in [1.29, 1.82) is 0 Å². The molecule has 1 N–H and O–H groups in total. The van der Waals surface area contributed by atoms with E-state index in [0.717, 1.165) is 44.7 Å². The van der Waals surface area contributed by atoms with E-state index >= 15 is 0 Å². The Kier molecular flexibility index (Phi) is 4.51. The monoisotopic (exact) mass is 378 g/mol. The Morgan fingerprint density at radius 1 is 1.14 bits per heavy atom.